The number of amides is 2. The zero-order valence-electron chi connectivity index (χ0n) is 20.3. The number of fused-ring (bicyclic) bond motifs is 2. The van der Waals surface area contributed by atoms with Crippen LogP contribution in [0, 0.1) is 0 Å². The smallest absolute Gasteiger partial charge is 0.255 e. The maximum absolute atomic E-state index is 13.3. The van der Waals surface area contributed by atoms with Crippen molar-refractivity contribution < 1.29 is 28.5 Å². The number of carbonyl (C=O) groups excluding carboxylic acids is 2. The van der Waals surface area contributed by atoms with Gasteiger partial charge >= 0.3 is 0 Å². The largest absolute Gasteiger partial charge is 0.493 e. The third kappa shape index (κ3) is 4.66. The van der Waals surface area contributed by atoms with Crippen LogP contribution >= 0.6 is 0 Å². The van der Waals surface area contributed by atoms with Gasteiger partial charge in [0, 0.05) is 18.7 Å². The Bertz CT molecular complexity index is 1290. The first kappa shape index (κ1) is 23.5. The van der Waals surface area contributed by atoms with Crippen molar-refractivity contribution in [3.8, 4) is 23.0 Å². The van der Waals surface area contributed by atoms with E-state index in [0.717, 1.165) is 16.7 Å². The molecule has 8 nitrogen and oxygen atoms in total. The van der Waals surface area contributed by atoms with E-state index in [-0.39, 0.29) is 25.0 Å². The molecule has 8 heteroatoms. The van der Waals surface area contributed by atoms with Crippen LogP contribution in [0.1, 0.15) is 46.4 Å². The van der Waals surface area contributed by atoms with Gasteiger partial charge in [-0.3, -0.25) is 9.59 Å². The first-order valence-electron chi connectivity index (χ1n) is 11.9. The van der Waals surface area contributed by atoms with E-state index in [1.54, 1.807) is 12.0 Å². The van der Waals surface area contributed by atoms with E-state index in [0.29, 0.717) is 48.3 Å². The van der Waals surface area contributed by atoms with Gasteiger partial charge < -0.3 is 29.2 Å². The van der Waals surface area contributed by atoms with Crippen molar-refractivity contribution in [1.82, 2.24) is 10.2 Å². The molecule has 1 N–H and O–H groups in total. The molecule has 0 radical (unpaired) electrons. The lowest BCUT2D eigenvalue weighted by Gasteiger charge is -2.28. The van der Waals surface area contributed by atoms with Gasteiger partial charge in [0.15, 0.2) is 23.0 Å². The lowest BCUT2D eigenvalue weighted by Crippen LogP contribution is -2.34. The number of hydrogen-bond donors (Lipinski definition) is 1. The van der Waals surface area contributed by atoms with Crippen LogP contribution in [0.25, 0.3) is 0 Å². The second-order valence-corrected chi connectivity index (χ2v) is 8.62. The molecule has 2 heterocycles. The number of benzene rings is 3. The molecule has 0 spiro atoms. The first-order valence-corrected chi connectivity index (χ1v) is 11.9. The molecule has 0 aromatic heterocycles. The van der Waals surface area contributed by atoms with Crippen LogP contribution < -0.4 is 24.3 Å². The molecule has 2 aliphatic heterocycles. The minimum absolute atomic E-state index is 0.0907. The molecular weight excluding hydrogens is 460 g/mol. The number of hydrogen-bond acceptors (Lipinski definition) is 6. The molecule has 3 aromatic carbocycles. The normalized spacial score (nSPS) is 14.4. The molecule has 2 amide bonds. The predicted molar refractivity (Wildman–Crippen MR) is 132 cm³/mol. The van der Waals surface area contributed by atoms with E-state index < -0.39 is 6.04 Å². The van der Waals surface area contributed by atoms with Crippen molar-refractivity contribution >= 4 is 11.8 Å². The predicted octanol–water partition coefficient (Wildman–Crippen LogP) is 4.23. The molecule has 2 aliphatic rings. The number of methoxy groups -OCH3 is 1. The Morgan fingerprint density at radius 2 is 1.89 bits per heavy atom. The fourth-order valence-electron chi connectivity index (χ4n) is 4.60. The summed E-state index contributed by atoms with van der Waals surface area (Å²) >= 11 is 0. The summed E-state index contributed by atoms with van der Waals surface area (Å²) < 4.78 is 22.0. The highest BCUT2D eigenvalue weighted by molar-refractivity contribution is 5.98. The van der Waals surface area contributed by atoms with E-state index in [4.69, 9.17) is 18.9 Å². The molecule has 0 aliphatic carbocycles. The summed E-state index contributed by atoms with van der Waals surface area (Å²) in [6, 6.07) is 18.2. The summed E-state index contributed by atoms with van der Waals surface area (Å²) in [5.74, 6) is 2.28. The van der Waals surface area contributed by atoms with Crippen LogP contribution in [0.4, 0.5) is 0 Å². The van der Waals surface area contributed by atoms with Crippen molar-refractivity contribution in [3.05, 3.63) is 82.9 Å². The van der Waals surface area contributed by atoms with Crippen LogP contribution in [0.5, 0.6) is 23.0 Å². The van der Waals surface area contributed by atoms with Gasteiger partial charge in [-0.15, -0.1) is 0 Å². The highest BCUT2D eigenvalue weighted by Crippen LogP contribution is 2.37. The van der Waals surface area contributed by atoms with Gasteiger partial charge in [-0.05, 0) is 53.9 Å². The molecular formula is C28H28N2O6. The fourth-order valence-corrected chi connectivity index (χ4v) is 4.60. The van der Waals surface area contributed by atoms with Gasteiger partial charge in [0.1, 0.15) is 0 Å². The Hall–Kier alpha value is -4.20. The monoisotopic (exact) mass is 488 g/mol. The van der Waals surface area contributed by atoms with Gasteiger partial charge in [-0.25, -0.2) is 0 Å². The standard InChI is InChI=1S/C28H28N2O6/c1-3-34-23-11-9-19(13-25(23)33-2)22(30-16-20-6-4-5-7-21(20)28(30)32)14-27(31)29-15-18-8-10-24-26(12-18)36-17-35-24/h4-13,22H,3,14-17H2,1-2H3,(H,29,31)/t22-/m1/s1. The van der Waals surface area contributed by atoms with E-state index in [9.17, 15) is 9.59 Å². The highest BCUT2D eigenvalue weighted by Gasteiger charge is 2.34. The quantitative estimate of drug-likeness (QED) is 0.485. The van der Waals surface area contributed by atoms with Crippen molar-refractivity contribution in [3.63, 3.8) is 0 Å². The zero-order chi connectivity index (χ0) is 25.1. The Balaban J connectivity index is 1.37. The van der Waals surface area contributed by atoms with Crippen molar-refractivity contribution in [2.24, 2.45) is 0 Å². The van der Waals surface area contributed by atoms with Crippen molar-refractivity contribution in [1.29, 1.82) is 0 Å². The van der Waals surface area contributed by atoms with Crippen LogP contribution in [0.3, 0.4) is 0 Å². The second-order valence-electron chi connectivity index (χ2n) is 8.62. The summed E-state index contributed by atoms with van der Waals surface area (Å²) in [7, 11) is 1.57. The number of ether oxygens (including phenoxy) is 4. The van der Waals surface area contributed by atoms with Crippen molar-refractivity contribution in [2.45, 2.75) is 32.5 Å². The third-order valence-electron chi connectivity index (χ3n) is 6.40. The fraction of sp³-hybridized carbons (Fsp3) is 0.286. The summed E-state index contributed by atoms with van der Waals surface area (Å²) in [5, 5.41) is 2.98. The SMILES string of the molecule is CCOc1ccc([C@@H](CC(=O)NCc2ccc3c(c2)OCO3)N2Cc3ccccc3C2=O)cc1OC. The molecule has 5 rings (SSSR count). The van der Waals surface area contributed by atoms with E-state index in [1.165, 1.54) is 0 Å². The molecule has 36 heavy (non-hydrogen) atoms. The molecule has 0 saturated heterocycles. The summed E-state index contributed by atoms with van der Waals surface area (Å²) in [5.41, 5.74) is 3.32. The number of rotatable bonds is 9. The van der Waals surface area contributed by atoms with Crippen LogP contribution in [-0.4, -0.2) is 37.2 Å². The van der Waals surface area contributed by atoms with E-state index in [2.05, 4.69) is 5.32 Å². The Morgan fingerprint density at radius 1 is 1.06 bits per heavy atom. The lowest BCUT2D eigenvalue weighted by atomic mass is 10.0. The molecule has 0 bridgehead atoms. The topological polar surface area (TPSA) is 86.3 Å². The van der Waals surface area contributed by atoms with Gasteiger partial charge in [-0.1, -0.05) is 30.3 Å². The minimum atomic E-state index is -0.480. The average molecular weight is 489 g/mol. The molecule has 1 atom stereocenters. The van der Waals surface area contributed by atoms with Gasteiger partial charge in [0.05, 0.1) is 26.2 Å². The number of carbonyl (C=O) groups is 2. The molecule has 0 fully saturated rings. The van der Waals surface area contributed by atoms with Gasteiger partial charge in [0.2, 0.25) is 12.7 Å². The van der Waals surface area contributed by atoms with Gasteiger partial charge in [0.25, 0.3) is 5.91 Å². The summed E-state index contributed by atoms with van der Waals surface area (Å²) in [6.45, 7) is 3.38. The van der Waals surface area contributed by atoms with Crippen molar-refractivity contribution in [2.75, 3.05) is 20.5 Å². The Kier molecular flexibility index (Phi) is 6.66. The third-order valence-corrected chi connectivity index (χ3v) is 6.40. The van der Waals surface area contributed by atoms with Crippen LogP contribution in [0.15, 0.2) is 60.7 Å². The number of nitrogens with one attached hydrogen (secondary N) is 1. The lowest BCUT2D eigenvalue weighted by molar-refractivity contribution is -0.122. The maximum Gasteiger partial charge on any atom is 0.255 e. The second kappa shape index (κ2) is 10.2. The number of nitrogens with zero attached hydrogens (tertiary/aromatic N) is 1. The highest BCUT2D eigenvalue weighted by atomic mass is 16.7. The Morgan fingerprint density at radius 3 is 2.69 bits per heavy atom. The summed E-state index contributed by atoms with van der Waals surface area (Å²) in [6.07, 6.45) is 0.0986. The van der Waals surface area contributed by atoms with Gasteiger partial charge in [-0.2, -0.15) is 0 Å². The maximum atomic E-state index is 13.3. The first-order chi connectivity index (χ1) is 17.6. The van der Waals surface area contributed by atoms with E-state index in [1.807, 2.05) is 67.6 Å². The average Bonchev–Trinajstić information content (AvgIpc) is 3.50. The summed E-state index contributed by atoms with van der Waals surface area (Å²) in [4.78, 5) is 28.2. The zero-order valence-corrected chi connectivity index (χ0v) is 20.3. The van der Waals surface area contributed by atoms with Crippen LogP contribution in [-0.2, 0) is 17.9 Å². The van der Waals surface area contributed by atoms with E-state index >= 15 is 0 Å². The minimum Gasteiger partial charge on any atom is -0.493 e. The molecule has 0 unspecified atom stereocenters. The molecule has 0 saturated carbocycles. The molecule has 186 valence electrons. The Labute approximate surface area is 209 Å². The molecule has 3 aromatic rings. The van der Waals surface area contributed by atoms with Crippen LogP contribution in [0.2, 0.25) is 0 Å².